The van der Waals surface area contributed by atoms with Crippen LogP contribution in [0.2, 0.25) is 0 Å². The number of nitrogens with one attached hydrogen (secondary N) is 2. The number of benzene rings is 1. The molecule has 1 aliphatic heterocycles. The van der Waals surface area contributed by atoms with Crippen molar-refractivity contribution in [3.05, 3.63) is 75.2 Å². The van der Waals surface area contributed by atoms with Gasteiger partial charge in [0.05, 0.1) is 0 Å². The number of Topliss-reactive ketones (excluding diaryl/α,β-unsaturated/α-hetero) is 1. The number of amides is 1. The standard InChI is InChI=1S/C28H33BrN4O2/c1-6-33(7-2)20-11-8-18(9-12-20)25-24(27(35)32-23-13-10-19(29)16-30-23)17(3)31-21-14-28(4,5)15-22(34)26(21)25/h8-13,16,25,31H,6-7,14-15H2,1-5H3,(H,30,32,35)/t25-/m0/s1. The number of carbonyl (C=O) groups excluding carboxylic acids is 2. The van der Waals surface area contributed by atoms with Crippen LogP contribution < -0.4 is 15.5 Å². The van der Waals surface area contributed by atoms with E-state index in [2.05, 4.69) is 88.4 Å². The second-order valence-electron chi connectivity index (χ2n) is 10.0. The van der Waals surface area contributed by atoms with Gasteiger partial charge in [0.1, 0.15) is 5.82 Å². The Morgan fingerprint density at radius 1 is 1.14 bits per heavy atom. The summed E-state index contributed by atoms with van der Waals surface area (Å²) >= 11 is 3.38. The summed E-state index contributed by atoms with van der Waals surface area (Å²) in [7, 11) is 0. The first-order valence-electron chi connectivity index (χ1n) is 12.2. The smallest absolute Gasteiger partial charge is 0.255 e. The van der Waals surface area contributed by atoms with Gasteiger partial charge in [-0.15, -0.1) is 0 Å². The number of halogens is 1. The molecule has 184 valence electrons. The van der Waals surface area contributed by atoms with Crippen LogP contribution in [0.15, 0.2) is 69.6 Å². The van der Waals surface area contributed by atoms with Gasteiger partial charge in [-0.05, 0) is 78.4 Å². The molecule has 2 aliphatic rings. The number of allylic oxidation sites excluding steroid dienone is 3. The molecule has 2 N–H and O–H groups in total. The molecule has 1 aliphatic carbocycles. The molecule has 0 unspecified atom stereocenters. The lowest BCUT2D eigenvalue weighted by molar-refractivity contribution is -0.118. The number of dihydropyridines is 1. The minimum atomic E-state index is -0.434. The molecule has 0 spiro atoms. The maximum atomic E-state index is 13.6. The Morgan fingerprint density at radius 2 is 1.83 bits per heavy atom. The minimum absolute atomic E-state index is 0.0983. The second kappa shape index (κ2) is 9.97. The Kier molecular flexibility index (Phi) is 7.17. The average molecular weight is 538 g/mol. The van der Waals surface area contributed by atoms with Crippen molar-refractivity contribution in [2.24, 2.45) is 5.41 Å². The van der Waals surface area contributed by atoms with E-state index < -0.39 is 5.92 Å². The molecule has 7 heteroatoms. The number of hydrogen-bond donors (Lipinski definition) is 2. The van der Waals surface area contributed by atoms with Crippen LogP contribution in [-0.2, 0) is 9.59 Å². The van der Waals surface area contributed by atoms with E-state index in [1.54, 1.807) is 12.3 Å². The minimum Gasteiger partial charge on any atom is -0.372 e. The molecule has 0 saturated carbocycles. The summed E-state index contributed by atoms with van der Waals surface area (Å²) in [5, 5.41) is 6.35. The fourth-order valence-electron chi connectivity index (χ4n) is 5.17. The van der Waals surface area contributed by atoms with Crippen molar-refractivity contribution in [3.8, 4) is 0 Å². The number of pyridine rings is 1. The van der Waals surface area contributed by atoms with Gasteiger partial charge in [0.25, 0.3) is 5.91 Å². The normalized spacial score (nSPS) is 19.3. The Balaban J connectivity index is 1.78. The number of ketones is 1. The monoisotopic (exact) mass is 536 g/mol. The SMILES string of the molecule is CCN(CC)c1ccc([C@H]2C(C(=O)Nc3ccc(Br)cn3)=C(C)NC3=C2C(=O)CC(C)(C)C3)cc1. The number of rotatable bonds is 6. The number of nitrogens with zero attached hydrogens (tertiary/aromatic N) is 2. The molecule has 0 bridgehead atoms. The van der Waals surface area contributed by atoms with Crippen LogP contribution in [-0.4, -0.2) is 29.8 Å². The summed E-state index contributed by atoms with van der Waals surface area (Å²) in [5.74, 6) is -0.131. The second-order valence-corrected chi connectivity index (χ2v) is 10.9. The summed E-state index contributed by atoms with van der Waals surface area (Å²) in [6, 6.07) is 11.9. The lowest BCUT2D eigenvalue weighted by Crippen LogP contribution is -2.39. The highest BCUT2D eigenvalue weighted by molar-refractivity contribution is 9.10. The van der Waals surface area contributed by atoms with E-state index in [0.717, 1.165) is 46.6 Å². The highest BCUT2D eigenvalue weighted by Gasteiger charge is 2.42. The molecule has 0 saturated heterocycles. The highest BCUT2D eigenvalue weighted by Crippen LogP contribution is 2.46. The molecule has 4 rings (SSSR count). The molecule has 6 nitrogen and oxygen atoms in total. The van der Waals surface area contributed by atoms with E-state index in [4.69, 9.17) is 0 Å². The van der Waals surface area contributed by atoms with E-state index in [0.29, 0.717) is 23.4 Å². The van der Waals surface area contributed by atoms with Crippen LogP contribution in [0.5, 0.6) is 0 Å². The lowest BCUT2D eigenvalue weighted by Gasteiger charge is -2.39. The van der Waals surface area contributed by atoms with E-state index in [1.807, 2.05) is 13.0 Å². The van der Waals surface area contributed by atoms with E-state index >= 15 is 0 Å². The van der Waals surface area contributed by atoms with Crippen LogP contribution in [0, 0.1) is 5.41 Å². The molecular formula is C28H33BrN4O2. The quantitative estimate of drug-likeness (QED) is 0.478. The third-order valence-electron chi connectivity index (χ3n) is 6.81. The van der Waals surface area contributed by atoms with Crippen molar-refractivity contribution in [1.82, 2.24) is 10.3 Å². The molecule has 35 heavy (non-hydrogen) atoms. The predicted octanol–water partition coefficient (Wildman–Crippen LogP) is 5.93. The molecular weight excluding hydrogens is 504 g/mol. The van der Waals surface area contributed by atoms with Crippen LogP contribution in [0.1, 0.15) is 58.9 Å². The van der Waals surface area contributed by atoms with Gasteiger partial charge in [-0.25, -0.2) is 4.98 Å². The molecule has 1 atom stereocenters. The molecule has 1 aromatic heterocycles. The van der Waals surface area contributed by atoms with Crippen molar-refractivity contribution in [2.75, 3.05) is 23.3 Å². The van der Waals surface area contributed by atoms with Crippen molar-refractivity contribution in [1.29, 1.82) is 0 Å². The van der Waals surface area contributed by atoms with E-state index in [1.165, 1.54) is 0 Å². The van der Waals surface area contributed by atoms with Gasteiger partial charge >= 0.3 is 0 Å². The lowest BCUT2D eigenvalue weighted by atomic mass is 9.68. The summed E-state index contributed by atoms with van der Waals surface area (Å²) in [6.07, 6.45) is 2.87. The van der Waals surface area contributed by atoms with Crippen molar-refractivity contribution >= 4 is 39.1 Å². The first-order chi connectivity index (χ1) is 16.6. The Labute approximate surface area is 216 Å². The number of carbonyl (C=O) groups is 2. The molecule has 1 amide bonds. The van der Waals surface area contributed by atoms with Crippen molar-refractivity contribution < 1.29 is 9.59 Å². The van der Waals surface area contributed by atoms with Gasteiger partial charge in [-0.2, -0.15) is 0 Å². The fraction of sp³-hybridized carbons (Fsp3) is 0.393. The average Bonchev–Trinajstić information content (AvgIpc) is 2.80. The van der Waals surface area contributed by atoms with Crippen LogP contribution in [0.25, 0.3) is 0 Å². The molecule has 2 aromatic rings. The Morgan fingerprint density at radius 3 is 2.43 bits per heavy atom. The maximum absolute atomic E-state index is 13.6. The van der Waals surface area contributed by atoms with Gasteiger partial charge in [-0.3, -0.25) is 9.59 Å². The number of anilines is 2. The summed E-state index contributed by atoms with van der Waals surface area (Å²) in [5.41, 5.74) is 4.90. The predicted molar refractivity (Wildman–Crippen MR) is 144 cm³/mol. The molecule has 2 heterocycles. The Bertz CT molecular complexity index is 1190. The van der Waals surface area contributed by atoms with Gasteiger partial charge < -0.3 is 15.5 Å². The summed E-state index contributed by atoms with van der Waals surface area (Å²) < 4.78 is 0.835. The largest absolute Gasteiger partial charge is 0.372 e. The molecule has 1 aromatic carbocycles. The van der Waals surface area contributed by atoms with E-state index in [-0.39, 0.29) is 17.1 Å². The van der Waals surface area contributed by atoms with Crippen LogP contribution in [0.3, 0.4) is 0 Å². The zero-order valence-corrected chi connectivity index (χ0v) is 22.6. The van der Waals surface area contributed by atoms with Crippen molar-refractivity contribution in [3.63, 3.8) is 0 Å². The van der Waals surface area contributed by atoms with E-state index in [9.17, 15) is 9.59 Å². The third kappa shape index (κ3) is 5.20. The highest BCUT2D eigenvalue weighted by atomic mass is 79.9. The topological polar surface area (TPSA) is 74.3 Å². The van der Waals surface area contributed by atoms with Gasteiger partial charge in [0, 0.05) is 64.3 Å². The zero-order valence-electron chi connectivity index (χ0n) is 21.0. The van der Waals surface area contributed by atoms with Crippen LogP contribution >= 0.6 is 15.9 Å². The molecule has 0 radical (unpaired) electrons. The summed E-state index contributed by atoms with van der Waals surface area (Å²) in [6.45, 7) is 12.2. The summed E-state index contributed by atoms with van der Waals surface area (Å²) in [4.78, 5) is 33.7. The third-order valence-corrected chi connectivity index (χ3v) is 7.28. The van der Waals surface area contributed by atoms with Gasteiger partial charge in [0.2, 0.25) is 0 Å². The Hall–Kier alpha value is -2.93. The van der Waals surface area contributed by atoms with Gasteiger partial charge in [0.15, 0.2) is 5.78 Å². The number of hydrogen-bond acceptors (Lipinski definition) is 5. The number of aromatic nitrogens is 1. The van der Waals surface area contributed by atoms with Gasteiger partial charge in [-0.1, -0.05) is 26.0 Å². The first-order valence-corrected chi connectivity index (χ1v) is 12.9. The fourth-order valence-corrected chi connectivity index (χ4v) is 5.40. The molecule has 0 fully saturated rings. The maximum Gasteiger partial charge on any atom is 0.255 e. The zero-order chi connectivity index (χ0) is 25.3. The van der Waals surface area contributed by atoms with Crippen molar-refractivity contribution in [2.45, 2.75) is 53.4 Å². The van der Waals surface area contributed by atoms with Crippen LogP contribution in [0.4, 0.5) is 11.5 Å². The first kappa shape index (κ1) is 25.2.